The van der Waals surface area contributed by atoms with Crippen molar-refractivity contribution < 1.29 is 22.6 Å². The van der Waals surface area contributed by atoms with Crippen LogP contribution >= 0.6 is 0 Å². The molecule has 7 nitrogen and oxygen atoms in total. The highest BCUT2D eigenvalue weighted by molar-refractivity contribution is 5.78. The maximum atomic E-state index is 15.0. The number of hydrogen-bond acceptors (Lipinski definition) is 7. The van der Waals surface area contributed by atoms with Gasteiger partial charge in [-0.15, -0.1) is 0 Å². The minimum atomic E-state index is -1.27. The average molecular weight is 461 g/mol. The molecule has 0 saturated heterocycles. The zero-order chi connectivity index (χ0) is 23.4. The first-order chi connectivity index (χ1) is 16.5. The van der Waals surface area contributed by atoms with Crippen LogP contribution < -0.4 is 10.5 Å². The van der Waals surface area contributed by atoms with Gasteiger partial charge in [0.05, 0.1) is 5.56 Å². The Morgan fingerprint density at radius 1 is 0.824 bits per heavy atom. The summed E-state index contributed by atoms with van der Waals surface area (Å²) in [5, 5.41) is 0. The van der Waals surface area contributed by atoms with Gasteiger partial charge in [-0.2, -0.15) is 18.2 Å². The highest BCUT2D eigenvalue weighted by Gasteiger charge is 2.48. The van der Waals surface area contributed by atoms with Gasteiger partial charge in [0, 0.05) is 34.6 Å². The molecule has 10 heteroatoms. The molecular weight excluding hydrogens is 447 g/mol. The zero-order valence-electron chi connectivity index (χ0n) is 17.3. The van der Waals surface area contributed by atoms with E-state index in [1.807, 2.05) is 0 Å². The summed E-state index contributed by atoms with van der Waals surface area (Å²) in [5.74, 6) is -2.16. The minimum absolute atomic E-state index is 0.0383. The van der Waals surface area contributed by atoms with Gasteiger partial charge in [-0.25, -0.2) is 15.0 Å². The van der Waals surface area contributed by atoms with Crippen molar-refractivity contribution in [2.24, 2.45) is 10.7 Å². The van der Waals surface area contributed by atoms with Gasteiger partial charge in [0.25, 0.3) is 6.02 Å². The van der Waals surface area contributed by atoms with Gasteiger partial charge in [-0.3, -0.25) is 0 Å². The number of halogens is 3. The van der Waals surface area contributed by atoms with Crippen LogP contribution in [0.4, 0.5) is 13.2 Å². The SMILES string of the molecule is NC1=NC2(CO1)c1cc(-c3cccnc3F)ccc1Oc1nc(F)c(-c3cccnc3F)cc12. The van der Waals surface area contributed by atoms with Crippen LogP contribution in [0.1, 0.15) is 11.1 Å². The Kier molecular flexibility index (Phi) is 4.31. The smallest absolute Gasteiger partial charge is 0.283 e. The van der Waals surface area contributed by atoms with E-state index in [1.54, 1.807) is 30.3 Å². The van der Waals surface area contributed by atoms with E-state index in [2.05, 4.69) is 19.9 Å². The monoisotopic (exact) mass is 461 g/mol. The lowest BCUT2D eigenvalue weighted by molar-refractivity contribution is 0.261. The number of hydrogen-bond donors (Lipinski definition) is 1. The number of nitrogens with two attached hydrogens (primary N) is 1. The van der Waals surface area contributed by atoms with Crippen LogP contribution in [0.25, 0.3) is 22.3 Å². The van der Waals surface area contributed by atoms with Crippen LogP contribution in [0, 0.1) is 17.8 Å². The summed E-state index contributed by atoms with van der Waals surface area (Å²) in [6.07, 6.45) is 2.62. The fraction of sp³-hybridized carbons (Fsp3) is 0.0833. The van der Waals surface area contributed by atoms with Crippen LogP contribution in [0.2, 0.25) is 0 Å². The van der Waals surface area contributed by atoms with E-state index >= 15 is 0 Å². The molecule has 6 rings (SSSR count). The van der Waals surface area contributed by atoms with Crippen LogP contribution in [0.3, 0.4) is 0 Å². The van der Waals surface area contributed by atoms with Gasteiger partial charge >= 0.3 is 0 Å². The van der Waals surface area contributed by atoms with Crippen molar-refractivity contribution in [1.82, 2.24) is 15.0 Å². The molecule has 4 aromatic rings. The quantitative estimate of drug-likeness (QED) is 0.447. The number of nitrogens with zero attached hydrogens (tertiary/aromatic N) is 4. The molecule has 1 atom stereocenters. The third-order valence-electron chi connectivity index (χ3n) is 5.87. The summed E-state index contributed by atoms with van der Waals surface area (Å²) in [4.78, 5) is 15.8. The molecule has 0 aliphatic carbocycles. The molecule has 2 N–H and O–H groups in total. The summed E-state index contributed by atoms with van der Waals surface area (Å²) in [5.41, 5.74) is 6.05. The van der Waals surface area contributed by atoms with E-state index in [-0.39, 0.29) is 35.2 Å². The summed E-state index contributed by atoms with van der Waals surface area (Å²) in [7, 11) is 0. The van der Waals surface area contributed by atoms with E-state index in [0.29, 0.717) is 22.4 Å². The van der Waals surface area contributed by atoms with Crippen molar-refractivity contribution in [2.45, 2.75) is 5.54 Å². The molecule has 1 aromatic carbocycles. The molecule has 1 spiro atoms. The Balaban J connectivity index is 1.59. The zero-order valence-corrected chi connectivity index (χ0v) is 17.3. The minimum Gasteiger partial charge on any atom is -0.462 e. The number of fused-ring (bicyclic) bond motifs is 4. The molecule has 1 unspecified atom stereocenters. The van der Waals surface area contributed by atoms with Crippen LogP contribution in [-0.2, 0) is 10.3 Å². The normalized spacial score (nSPS) is 18.0. The number of amidine groups is 1. The molecule has 2 aliphatic rings. The van der Waals surface area contributed by atoms with Crippen molar-refractivity contribution in [1.29, 1.82) is 0 Å². The number of pyridine rings is 3. The second-order valence-corrected chi connectivity index (χ2v) is 7.77. The lowest BCUT2D eigenvalue weighted by Gasteiger charge is -2.33. The maximum absolute atomic E-state index is 15.0. The van der Waals surface area contributed by atoms with Crippen molar-refractivity contribution in [3.63, 3.8) is 0 Å². The third-order valence-corrected chi connectivity index (χ3v) is 5.87. The Bertz CT molecular complexity index is 1510. The Hall–Kier alpha value is -4.47. The van der Waals surface area contributed by atoms with Gasteiger partial charge < -0.3 is 15.2 Å². The van der Waals surface area contributed by atoms with Gasteiger partial charge in [0.1, 0.15) is 12.4 Å². The lowest BCUT2D eigenvalue weighted by atomic mass is 9.80. The Labute approximate surface area is 190 Å². The molecule has 168 valence electrons. The van der Waals surface area contributed by atoms with Gasteiger partial charge in [-0.1, -0.05) is 6.07 Å². The number of benzene rings is 1. The van der Waals surface area contributed by atoms with E-state index in [1.165, 1.54) is 30.6 Å². The third kappa shape index (κ3) is 2.92. The molecule has 0 fully saturated rings. The lowest BCUT2D eigenvalue weighted by Crippen LogP contribution is -2.32. The van der Waals surface area contributed by atoms with Crippen molar-refractivity contribution in [3.8, 4) is 33.9 Å². The second-order valence-electron chi connectivity index (χ2n) is 7.77. The molecule has 2 aliphatic heterocycles. The fourth-order valence-corrected chi connectivity index (χ4v) is 4.29. The Morgan fingerprint density at radius 2 is 1.56 bits per heavy atom. The van der Waals surface area contributed by atoms with E-state index in [0.717, 1.165) is 0 Å². The van der Waals surface area contributed by atoms with Crippen LogP contribution in [0.15, 0.2) is 65.9 Å². The van der Waals surface area contributed by atoms with E-state index in [4.69, 9.17) is 15.2 Å². The maximum Gasteiger partial charge on any atom is 0.283 e. The fourth-order valence-electron chi connectivity index (χ4n) is 4.29. The molecule has 3 aromatic heterocycles. The predicted molar refractivity (Wildman–Crippen MR) is 115 cm³/mol. The largest absolute Gasteiger partial charge is 0.462 e. The first kappa shape index (κ1) is 20.2. The number of rotatable bonds is 2. The second kappa shape index (κ2) is 7.27. The Morgan fingerprint density at radius 3 is 2.24 bits per heavy atom. The molecule has 0 bridgehead atoms. The first-order valence-electron chi connectivity index (χ1n) is 10.2. The summed E-state index contributed by atoms with van der Waals surface area (Å²) < 4.78 is 55.1. The molecule has 34 heavy (non-hydrogen) atoms. The summed E-state index contributed by atoms with van der Waals surface area (Å²) >= 11 is 0. The van der Waals surface area contributed by atoms with Gasteiger partial charge in [0.2, 0.25) is 23.7 Å². The molecular formula is C24H14F3N5O2. The highest BCUT2D eigenvalue weighted by atomic mass is 19.1. The van der Waals surface area contributed by atoms with E-state index in [9.17, 15) is 13.2 Å². The first-order valence-corrected chi connectivity index (χ1v) is 10.2. The van der Waals surface area contributed by atoms with Gasteiger partial charge in [-0.05, 0) is 48.0 Å². The molecule has 0 amide bonds. The molecule has 5 heterocycles. The highest BCUT2D eigenvalue weighted by Crippen LogP contribution is 2.52. The van der Waals surface area contributed by atoms with Crippen LogP contribution in [-0.4, -0.2) is 27.6 Å². The average Bonchev–Trinajstić information content (AvgIpc) is 3.22. The van der Waals surface area contributed by atoms with Gasteiger partial charge in [0.15, 0.2) is 5.54 Å². The van der Waals surface area contributed by atoms with Crippen molar-refractivity contribution >= 4 is 6.02 Å². The van der Waals surface area contributed by atoms with E-state index < -0.39 is 23.4 Å². The molecule has 0 saturated carbocycles. The standard InChI is InChI=1S/C24H14F3N5O2/c25-19-13(3-1-7-29-19)12-5-6-18-16(9-12)24(11-33-23(28)32-24)17-10-15(21(27)31-22(17)34-18)14-4-2-8-30-20(14)26/h1-10H,11H2,(H2,28,32). The predicted octanol–water partition coefficient (Wildman–Crippen LogP) is 4.32. The topological polar surface area (TPSA) is 95.5 Å². The number of aliphatic imine (C=N–C) groups is 1. The number of ether oxygens (including phenoxy) is 2. The van der Waals surface area contributed by atoms with Crippen LogP contribution in [0.5, 0.6) is 11.6 Å². The number of aromatic nitrogens is 3. The summed E-state index contributed by atoms with van der Waals surface area (Å²) in [6, 6.07) is 12.4. The molecule has 0 radical (unpaired) electrons. The van der Waals surface area contributed by atoms with Crippen molar-refractivity contribution in [3.05, 3.63) is 89.9 Å². The van der Waals surface area contributed by atoms with Crippen molar-refractivity contribution in [2.75, 3.05) is 6.61 Å². The summed E-state index contributed by atoms with van der Waals surface area (Å²) in [6.45, 7) is -0.0383.